The Labute approximate surface area is 107 Å². The van der Waals surface area contributed by atoms with E-state index in [1.165, 1.54) is 0 Å². The number of benzene rings is 1. The highest BCUT2D eigenvalue weighted by Crippen LogP contribution is 2.08. The summed E-state index contributed by atoms with van der Waals surface area (Å²) < 4.78 is 0. The van der Waals surface area contributed by atoms with E-state index in [2.05, 4.69) is 16.9 Å². The van der Waals surface area contributed by atoms with E-state index in [9.17, 15) is 4.79 Å². The molecular weight excluding hydrogens is 232 g/mol. The fourth-order valence-electron chi connectivity index (χ4n) is 1.47. The van der Waals surface area contributed by atoms with Gasteiger partial charge in [-0.15, -0.1) is 0 Å². The second-order valence-corrected chi connectivity index (χ2v) is 4.93. The molecule has 0 heterocycles. The lowest BCUT2D eigenvalue weighted by atomic mass is 10.2. The third kappa shape index (κ3) is 6.34. The van der Waals surface area contributed by atoms with Crippen LogP contribution in [0, 0.1) is 6.92 Å². The van der Waals surface area contributed by atoms with Crippen molar-refractivity contribution in [3.05, 3.63) is 29.8 Å². The molecule has 1 amide bonds. The summed E-state index contributed by atoms with van der Waals surface area (Å²) in [5, 5.41) is 6.00. The van der Waals surface area contributed by atoms with Gasteiger partial charge < -0.3 is 10.6 Å². The molecule has 0 aliphatic carbocycles. The van der Waals surface area contributed by atoms with E-state index < -0.39 is 0 Å². The lowest BCUT2D eigenvalue weighted by molar-refractivity contribution is -0.115. The normalized spacial score (nSPS) is 10.2. The summed E-state index contributed by atoms with van der Waals surface area (Å²) in [6, 6.07) is 7.82. The van der Waals surface area contributed by atoms with Crippen molar-refractivity contribution in [2.75, 3.05) is 30.4 Å². The first kappa shape index (κ1) is 14.1. The number of hydrogen-bond acceptors (Lipinski definition) is 3. The summed E-state index contributed by atoms with van der Waals surface area (Å²) in [7, 11) is 0. The molecule has 0 atom stereocenters. The molecule has 0 unspecified atom stereocenters. The second-order valence-electron chi connectivity index (χ2n) is 3.94. The third-order valence-electron chi connectivity index (χ3n) is 2.29. The van der Waals surface area contributed by atoms with Gasteiger partial charge in [-0.2, -0.15) is 11.8 Å². The van der Waals surface area contributed by atoms with Crippen LogP contribution in [-0.4, -0.2) is 31.0 Å². The molecule has 0 aromatic heterocycles. The zero-order valence-corrected chi connectivity index (χ0v) is 11.3. The van der Waals surface area contributed by atoms with E-state index in [-0.39, 0.29) is 5.91 Å². The van der Waals surface area contributed by atoms with Gasteiger partial charge in [0.05, 0.1) is 6.54 Å². The molecule has 17 heavy (non-hydrogen) atoms. The van der Waals surface area contributed by atoms with Gasteiger partial charge in [0.1, 0.15) is 0 Å². The lowest BCUT2D eigenvalue weighted by Crippen LogP contribution is -2.28. The van der Waals surface area contributed by atoms with E-state index in [1.54, 1.807) is 0 Å². The zero-order chi connectivity index (χ0) is 12.5. The quantitative estimate of drug-likeness (QED) is 0.732. The molecule has 0 saturated heterocycles. The van der Waals surface area contributed by atoms with Crippen molar-refractivity contribution < 1.29 is 4.79 Å². The van der Waals surface area contributed by atoms with Crippen LogP contribution in [-0.2, 0) is 4.79 Å². The predicted molar refractivity (Wildman–Crippen MR) is 75.7 cm³/mol. The van der Waals surface area contributed by atoms with Gasteiger partial charge in [-0.25, -0.2) is 0 Å². The van der Waals surface area contributed by atoms with Crippen molar-refractivity contribution >= 4 is 23.4 Å². The number of hydrogen-bond donors (Lipinski definition) is 2. The Hall–Kier alpha value is -1.00. The van der Waals surface area contributed by atoms with Crippen LogP contribution in [0.15, 0.2) is 24.3 Å². The molecule has 0 bridgehead atoms. The maximum atomic E-state index is 11.6. The van der Waals surface area contributed by atoms with E-state index >= 15 is 0 Å². The van der Waals surface area contributed by atoms with Gasteiger partial charge in [0.15, 0.2) is 0 Å². The number of carbonyl (C=O) groups excluding carboxylic acids is 1. The second kappa shape index (κ2) is 8.14. The molecule has 0 aliphatic heterocycles. The van der Waals surface area contributed by atoms with E-state index in [1.807, 2.05) is 43.0 Å². The summed E-state index contributed by atoms with van der Waals surface area (Å²) in [6.07, 6.45) is 3.18. The summed E-state index contributed by atoms with van der Waals surface area (Å²) in [6.45, 7) is 3.28. The Morgan fingerprint density at radius 3 is 2.94 bits per heavy atom. The molecule has 1 rings (SSSR count). The van der Waals surface area contributed by atoms with Crippen molar-refractivity contribution in [3.8, 4) is 0 Å². The number of carbonyl (C=O) groups is 1. The summed E-state index contributed by atoms with van der Waals surface area (Å²) in [5.41, 5.74) is 2.01. The first-order valence-corrected chi connectivity index (χ1v) is 7.18. The van der Waals surface area contributed by atoms with E-state index in [0.29, 0.717) is 6.54 Å². The van der Waals surface area contributed by atoms with Crippen LogP contribution in [0.1, 0.15) is 12.0 Å². The van der Waals surface area contributed by atoms with Gasteiger partial charge in [0.25, 0.3) is 0 Å². The van der Waals surface area contributed by atoms with Gasteiger partial charge >= 0.3 is 0 Å². The highest BCUT2D eigenvalue weighted by Gasteiger charge is 2.01. The maximum Gasteiger partial charge on any atom is 0.238 e. The number of aryl methyl sites for hydroxylation is 1. The van der Waals surface area contributed by atoms with Gasteiger partial charge in [-0.1, -0.05) is 12.1 Å². The molecule has 2 N–H and O–H groups in total. The molecule has 4 heteroatoms. The highest BCUT2D eigenvalue weighted by atomic mass is 32.2. The largest absolute Gasteiger partial charge is 0.325 e. The van der Waals surface area contributed by atoms with E-state index in [0.717, 1.165) is 30.0 Å². The molecular formula is C13H20N2OS. The van der Waals surface area contributed by atoms with Gasteiger partial charge in [-0.3, -0.25) is 4.79 Å². The summed E-state index contributed by atoms with van der Waals surface area (Å²) in [5.74, 6) is 1.15. The first-order chi connectivity index (χ1) is 8.22. The molecule has 0 spiro atoms. The molecule has 94 valence electrons. The van der Waals surface area contributed by atoms with Crippen molar-refractivity contribution in [2.24, 2.45) is 0 Å². The standard InChI is InChI=1S/C13H20N2OS/c1-11-5-3-6-12(9-11)15-13(16)10-14-7-4-8-17-2/h3,5-6,9,14H,4,7-8,10H2,1-2H3,(H,15,16). The Bertz CT molecular complexity index is 355. The van der Waals surface area contributed by atoms with Gasteiger partial charge in [0.2, 0.25) is 5.91 Å². The molecule has 3 nitrogen and oxygen atoms in total. The first-order valence-electron chi connectivity index (χ1n) is 5.78. The number of amides is 1. The van der Waals surface area contributed by atoms with Crippen LogP contribution in [0.3, 0.4) is 0 Å². The van der Waals surface area contributed by atoms with Crippen LogP contribution >= 0.6 is 11.8 Å². The minimum atomic E-state index is 0.0137. The summed E-state index contributed by atoms with van der Waals surface area (Å²) in [4.78, 5) is 11.6. The topological polar surface area (TPSA) is 41.1 Å². The number of thioether (sulfide) groups is 1. The Kier molecular flexibility index (Phi) is 6.74. The van der Waals surface area contributed by atoms with Gasteiger partial charge in [-0.05, 0) is 49.6 Å². The van der Waals surface area contributed by atoms with Crippen LogP contribution in [0.4, 0.5) is 5.69 Å². The molecule has 1 aromatic rings. The molecule has 0 radical (unpaired) electrons. The van der Waals surface area contributed by atoms with Gasteiger partial charge in [0, 0.05) is 5.69 Å². The zero-order valence-electron chi connectivity index (χ0n) is 10.5. The van der Waals surface area contributed by atoms with Crippen molar-refractivity contribution in [2.45, 2.75) is 13.3 Å². The lowest BCUT2D eigenvalue weighted by Gasteiger charge is -2.07. The average molecular weight is 252 g/mol. The number of nitrogens with one attached hydrogen (secondary N) is 2. The van der Waals surface area contributed by atoms with Crippen molar-refractivity contribution in [1.82, 2.24) is 5.32 Å². The summed E-state index contributed by atoms with van der Waals surface area (Å²) >= 11 is 1.82. The van der Waals surface area contributed by atoms with Crippen LogP contribution < -0.4 is 10.6 Å². The van der Waals surface area contributed by atoms with E-state index in [4.69, 9.17) is 0 Å². The fraction of sp³-hybridized carbons (Fsp3) is 0.462. The number of anilines is 1. The average Bonchev–Trinajstić information content (AvgIpc) is 2.29. The van der Waals surface area contributed by atoms with Crippen LogP contribution in [0.2, 0.25) is 0 Å². The van der Waals surface area contributed by atoms with Crippen LogP contribution in [0.5, 0.6) is 0 Å². The fourth-order valence-corrected chi connectivity index (χ4v) is 1.90. The highest BCUT2D eigenvalue weighted by molar-refractivity contribution is 7.98. The minimum absolute atomic E-state index is 0.0137. The van der Waals surface area contributed by atoms with Crippen molar-refractivity contribution in [1.29, 1.82) is 0 Å². The minimum Gasteiger partial charge on any atom is -0.325 e. The third-order valence-corrected chi connectivity index (χ3v) is 2.99. The van der Waals surface area contributed by atoms with Crippen LogP contribution in [0.25, 0.3) is 0 Å². The predicted octanol–water partition coefficient (Wildman–Crippen LogP) is 2.28. The maximum absolute atomic E-state index is 11.6. The molecule has 0 saturated carbocycles. The smallest absolute Gasteiger partial charge is 0.238 e. The van der Waals surface area contributed by atoms with Crippen molar-refractivity contribution in [3.63, 3.8) is 0 Å². The Morgan fingerprint density at radius 1 is 1.41 bits per heavy atom. The Balaban J connectivity index is 2.21. The SMILES string of the molecule is CSCCCNCC(=O)Nc1cccc(C)c1. The monoisotopic (exact) mass is 252 g/mol. The molecule has 0 fully saturated rings. The number of rotatable bonds is 7. The molecule has 0 aliphatic rings. The molecule has 1 aromatic carbocycles. The Morgan fingerprint density at radius 2 is 2.24 bits per heavy atom.